The summed E-state index contributed by atoms with van der Waals surface area (Å²) in [6.07, 6.45) is 0. The second-order valence-corrected chi connectivity index (χ2v) is 5.21. The van der Waals surface area contributed by atoms with Gasteiger partial charge in [0.15, 0.2) is 0 Å². The lowest BCUT2D eigenvalue weighted by Crippen LogP contribution is -2.36. The maximum Gasteiger partial charge on any atom is 0.253 e. The quantitative estimate of drug-likeness (QED) is 0.754. The molecule has 1 aromatic carbocycles. The van der Waals surface area contributed by atoms with Crippen LogP contribution in [0.4, 0.5) is 0 Å². The van der Waals surface area contributed by atoms with Crippen molar-refractivity contribution < 1.29 is 4.79 Å². The van der Waals surface area contributed by atoms with Crippen LogP contribution in [0.25, 0.3) is 0 Å². The minimum Gasteiger partial charge on any atom is -0.336 e. The zero-order valence-electron chi connectivity index (χ0n) is 10.1. The first-order chi connectivity index (χ1) is 8.04. The Morgan fingerprint density at radius 2 is 2.18 bits per heavy atom. The van der Waals surface area contributed by atoms with E-state index in [2.05, 4.69) is 0 Å². The maximum atomic E-state index is 12.2. The van der Waals surface area contributed by atoms with Gasteiger partial charge in [-0.05, 0) is 26.0 Å². The Morgan fingerprint density at radius 3 is 2.71 bits per heavy atom. The average Bonchev–Trinajstić information content (AvgIpc) is 2.27. The topological polar surface area (TPSA) is 20.3 Å². The lowest BCUT2D eigenvalue weighted by atomic mass is 10.1. The highest BCUT2D eigenvalue weighted by molar-refractivity contribution is 6.20. The number of carbonyl (C=O) groups excluding carboxylic acids is 1. The SMILES string of the molecule is Cc1cccc(C(=O)N(CCCl)CC(C)Cl)c1. The van der Waals surface area contributed by atoms with Crippen LogP contribution in [0.3, 0.4) is 0 Å². The van der Waals surface area contributed by atoms with Crippen molar-refractivity contribution in [1.82, 2.24) is 4.90 Å². The molecule has 0 saturated carbocycles. The van der Waals surface area contributed by atoms with Gasteiger partial charge >= 0.3 is 0 Å². The predicted octanol–water partition coefficient (Wildman–Crippen LogP) is 3.30. The molecule has 94 valence electrons. The number of carbonyl (C=O) groups is 1. The van der Waals surface area contributed by atoms with Crippen LogP contribution in [-0.4, -0.2) is 35.2 Å². The largest absolute Gasteiger partial charge is 0.336 e. The Hall–Kier alpha value is -0.730. The first-order valence-corrected chi connectivity index (χ1v) is 6.57. The van der Waals surface area contributed by atoms with E-state index in [-0.39, 0.29) is 11.3 Å². The lowest BCUT2D eigenvalue weighted by molar-refractivity contribution is 0.0766. The molecule has 1 unspecified atom stereocenters. The summed E-state index contributed by atoms with van der Waals surface area (Å²) < 4.78 is 0. The Labute approximate surface area is 113 Å². The normalized spacial score (nSPS) is 12.2. The van der Waals surface area contributed by atoms with Crippen LogP contribution in [-0.2, 0) is 0 Å². The molecule has 0 aromatic heterocycles. The van der Waals surface area contributed by atoms with Gasteiger partial charge < -0.3 is 4.90 Å². The molecule has 0 heterocycles. The molecule has 0 saturated heterocycles. The number of hydrogen-bond acceptors (Lipinski definition) is 1. The number of aryl methyl sites for hydroxylation is 1. The van der Waals surface area contributed by atoms with Crippen molar-refractivity contribution >= 4 is 29.1 Å². The highest BCUT2D eigenvalue weighted by atomic mass is 35.5. The summed E-state index contributed by atoms with van der Waals surface area (Å²) in [6, 6.07) is 7.54. The maximum absolute atomic E-state index is 12.2. The highest BCUT2D eigenvalue weighted by Gasteiger charge is 2.16. The van der Waals surface area contributed by atoms with E-state index in [1.54, 1.807) is 4.90 Å². The van der Waals surface area contributed by atoms with Gasteiger partial charge in [0.1, 0.15) is 0 Å². The molecule has 0 spiro atoms. The molecule has 1 amide bonds. The molecule has 0 aliphatic heterocycles. The Morgan fingerprint density at radius 1 is 1.47 bits per heavy atom. The van der Waals surface area contributed by atoms with Crippen LogP contribution in [0, 0.1) is 6.92 Å². The number of hydrogen-bond donors (Lipinski definition) is 0. The van der Waals surface area contributed by atoms with Crippen molar-refractivity contribution in [3.8, 4) is 0 Å². The minimum atomic E-state index is -0.0769. The van der Waals surface area contributed by atoms with Crippen LogP contribution >= 0.6 is 23.2 Å². The van der Waals surface area contributed by atoms with Crippen LogP contribution in [0.1, 0.15) is 22.8 Å². The molecule has 1 rings (SSSR count). The molecule has 1 atom stereocenters. The third kappa shape index (κ3) is 4.57. The summed E-state index contributed by atoms with van der Waals surface area (Å²) in [6.45, 7) is 4.87. The van der Waals surface area contributed by atoms with Gasteiger partial charge in [-0.3, -0.25) is 4.79 Å². The van der Waals surface area contributed by atoms with Crippen molar-refractivity contribution in [3.63, 3.8) is 0 Å². The van der Waals surface area contributed by atoms with Crippen molar-refractivity contribution in [2.24, 2.45) is 0 Å². The third-order valence-corrected chi connectivity index (χ3v) is 2.69. The van der Waals surface area contributed by atoms with Crippen molar-refractivity contribution in [2.75, 3.05) is 19.0 Å². The molecule has 0 aliphatic carbocycles. The molecule has 0 bridgehead atoms. The van der Waals surface area contributed by atoms with Gasteiger partial charge in [-0.1, -0.05) is 17.7 Å². The van der Waals surface area contributed by atoms with E-state index in [1.165, 1.54) is 0 Å². The van der Waals surface area contributed by atoms with Gasteiger partial charge in [-0.15, -0.1) is 23.2 Å². The minimum absolute atomic E-state index is 0.0122. The lowest BCUT2D eigenvalue weighted by Gasteiger charge is -2.23. The molecular formula is C13H17Cl2NO. The number of benzene rings is 1. The standard InChI is InChI=1S/C13H17Cl2NO/c1-10-4-3-5-12(8-10)13(17)16(7-6-14)9-11(2)15/h3-5,8,11H,6-7,9H2,1-2H3. The van der Waals surface area contributed by atoms with E-state index in [1.807, 2.05) is 38.1 Å². The van der Waals surface area contributed by atoms with Gasteiger partial charge in [0.2, 0.25) is 0 Å². The van der Waals surface area contributed by atoms with Crippen LogP contribution in [0.15, 0.2) is 24.3 Å². The fourth-order valence-corrected chi connectivity index (χ4v) is 2.01. The molecule has 17 heavy (non-hydrogen) atoms. The van der Waals surface area contributed by atoms with E-state index in [9.17, 15) is 4.79 Å². The summed E-state index contributed by atoms with van der Waals surface area (Å²) in [4.78, 5) is 13.9. The number of halogens is 2. The van der Waals surface area contributed by atoms with Crippen molar-refractivity contribution in [3.05, 3.63) is 35.4 Å². The number of amides is 1. The summed E-state index contributed by atoms with van der Waals surface area (Å²) in [5.41, 5.74) is 1.76. The molecule has 0 N–H and O–H groups in total. The molecule has 0 aliphatic rings. The summed E-state index contributed by atoms with van der Waals surface area (Å²) in [5.74, 6) is 0.406. The van der Waals surface area contributed by atoms with Crippen molar-refractivity contribution in [2.45, 2.75) is 19.2 Å². The second-order valence-electron chi connectivity index (χ2n) is 4.09. The molecule has 0 radical (unpaired) electrons. The number of nitrogens with zero attached hydrogens (tertiary/aromatic N) is 1. The smallest absolute Gasteiger partial charge is 0.253 e. The molecule has 0 fully saturated rings. The Bertz CT molecular complexity index is 379. The summed E-state index contributed by atoms with van der Waals surface area (Å²) >= 11 is 11.6. The van der Waals surface area contributed by atoms with E-state index >= 15 is 0 Å². The van der Waals surface area contributed by atoms with E-state index in [0.717, 1.165) is 5.56 Å². The fraction of sp³-hybridized carbons (Fsp3) is 0.462. The Kier molecular flexibility index (Phi) is 5.79. The summed E-state index contributed by atoms with van der Waals surface area (Å²) in [5, 5.41) is -0.0769. The van der Waals surface area contributed by atoms with Crippen LogP contribution < -0.4 is 0 Å². The van der Waals surface area contributed by atoms with E-state index < -0.39 is 0 Å². The van der Waals surface area contributed by atoms with E-state index in [0.29, 0.717) is 24.5 Å². The first-order valence-electron chi connectivity index (χ1n) is 5.60. The molecule has 1 aromatic rings. The van der Waals surface area contributed by atoms with Gasteiger partial charge in [0.25, 0.3) is 5.91 Å². The zero-order valence-corrected chi connectivity index (χ0v) is 11.6. The second kappa shape index (κ2) is 6.87. The average molecular weight is 274 g/mol. The predicted molar refractivity (Wildman–Crippen MR) is 73.1 cm³/mol. The summed E-state index contributed by atoms with van der Waals surface area (Å²) in [7, 11) is 0. The molecular weight excluding hydrogens is 257 g/mol. The van der Waals surface area contributed by atoms with Crippen LogP contribution in [0.2, 0.25) is 0 Å². The monoisotopic (exact) mass is 273 g/mol. The fourth-order valence-electron chi connectivity index (χ4n) is 1.64. The number of rotatable bonds is 5. The molecule has 4 heteroatoms. The van der Waals surface area contributed by atoms with Gasteiger partial charge in [0.05, 0.1) is 0 Å². The third-order valence-electron chi connectivity index (χ3n) is 2.38. The molecule has 2 nitrogen and oxygen atoms in total. The van der Waals surface area contributed by atoms with Gasteiger partial charge in [-0.25, -0.2) is 0 Å². The Balaban J connectivity index is 2.83. The highest BCUT2D eigenvalue weighted by Crippen LogP contribution is 2.10. The first kappa shape index (κ1) is 14.3. The van der Waals surface area contributed by atoms with Crippen LogP contribution in [0.5, 0.6) is 0 Å². The number of alkyl halides is 2. The van der Waals surface area contributed by atoms with Gasteiger partial charge in [-0.2, -0.15) is 0 Å². The zero-order chi connectivity index (χ0) is 12.8. The van der Waals surface area contributed by atoms with Crippen molar-refractivity contribution in [1.29, 1.82) is 0 Å². The van der Waals surface area contributed by atoms with E-state index in [4.69, 9.17) is 23.2 Å². The van der Waals surface area contributed by atoms with Gasteiger partial charge in [0, 0.05) is 29.9 Å².